The zero-order valence-corrected chi connectivity index (χ0v) is 8.71. The Morgan fingerprint density at radius 3 is 2.62 bits per heavy atom. The number of thioether (sulfide) groups is 2. The molecule has 3 nitrogen and oxygen atoms in total. The van der Waals surface area contributed by atoms with Gasteiger partial charge in [0.25, 0.3) is 0 Å². The number of carbonyl (C=O) groups is 1. The second-order valence-corrected chi connectivity index (χ2v) is 5.05. The van der Waals surface area contributed by atoms with Crippen molar-refractivity contribution in [2.75, 3.05) is 11.5 Å². The largest absolute Gasteiger partial charge is 0.481 e. The normalized spacial score (nSPS) is 16.8. The molecule has 0 bridgehead atoms. The molecule has 0 aromatic heterocycles. The van der Waals surface area contributed by atoms with Gasteiger partial charge in [-0.3, -0.25) is 4.79 Å². The summed E-state index contributed by atoms with van der Waals surface area (Å²) in [4.78, 5) is 10.5. The van der Waals surface area contributed by atoms with Gasteiger partial charge in [-0.2, -0.15) is 0 Å². The van der Waals surface area contributed by atoms with Gasteiger partial charge in [-0.05, 0) is 17.9 Å². The minimum atomic E-state index is -0.863. The molecule has 0 radical (unpaired) electrons. The quantitative estimate of drug-likeness (QED) is 0.711. The van der Waals surface area contributed by atoms with Crippen molar-refractivity contribution in [1.82, 2.24) is 0 Å². The second-order valence-electron chi connectivity index (χ2n) is 2.58. The Hall–Kier alpha value is -0.420. The van der Waals surface area contributed by atoms with Crippen molar-refractivity contribution in [3.8, 4) is 0 Å². The predicted molar refractivity (Wildman–Crippen MR) is 57.6 cm³/mol. The van der Waals surface area contributed by atoms with E-state index in [9.17, 15) is 4.79 Å². The minimum absolute atomic E-state index is 0.0289. The van der Waals surface area contributed by atoms with Gasteiger partial charge in [0.05, 0.1) is 6.42 Å². The van der Waals surface area contributed by atoms with E-state index in [-0.39, 0.29) is 6.42 Å². The summed E-state index contributed by atoms with van der Waals surface area (Å²) >= 11 is 3.33. The summed E-state index contributed by atoms with van der Waals surface area (Å²) in [6.45, 7) is 0. The number of nitrogens with one attached hydrogen (secondary N) is 1. The SMILES string of the molecule is N=CC(CC(=O)O)=C1SCCCS1. The molecule has 1 aliphatic rings. The molecule has 1 fully saturated rings. The van der Waals surface area contributed by atoms with Crippen molar-refractivity contribution < 1.29 is 9.90 Å². The zero-order chi connectivity index (χ0) is 9.68. The first kappa shape index (κ1) is 10.7. The Morgan fingerprint density at radius 1 is 1.54 bits per heavy atom. The van der Waals surface area contributed by atoms with Gasteiger partial charge in [-0.25, -0.2) is 0 Å². The molecule has 0 aliphatic carbocycles. The van der Waals surface area contributed by atoms with Gasteiger partial charge in [0, 0.05) is 16.0 Å². The molecule has 0 aromatic carbocycles. The van der Waals surface area contributed by atoms with E-state index >= 15 is 0 Å². The first-order valence-corrected chi connectivity index (χ1v) is 5.92. The van der Waals surface area contributed by atoms with E-state index in [1.165, 1.54) is 0 Å². The molecule has 1 rings (SSSR count). The Bertz CT molecular complexity index is 243. The molecule has 0 saturated carbocycles. The maximum atomic E-state index is 10.5. The first-order valence-electron chi connectivity index (χ1n) is 3.95. The van der Waals surface area contributed by atoms with Crippen LogP contribution < -0.4 is 0 Å². The first-order chi connectivity index (χ1) is 6.24. The molecule has 0 amide bonds. The Labute approximate surface area is 85.5 Å². The van der Waals surface area contributed by atoms with Crippen LogP contribution in [0.2, 0.25) is 0 Å². The van der Waals surface area contributed by atoms with Crippen LogP contribution in [0.4, 0.5) is 0 Å². The van der Waals surface area contributed by atoms with Gasteiger partial charge < -0.3 is 10.5 Å². The number of hydrogen-bond acceptors (Lipinski definition) is 4. The highest BCUT2D eigenvalue weighted by Gasteiger charge is 2.13. The summed E-state index contributed by atoms with van der Waals surface area (Å²) in [7, 11) is 0. The molecule has 72 valence electrons. The summed E-state index contributed by atoms with van der Waals surface area (Å²) in [5.41, 5.74) is 0.641. The van der Waals surface area contributed by atoms with E-state index in [1.807, 2.05) is 0 Å². The highest BCUT2D eigenvalue weighted by Crippen LogP contribution is 2.37. The molecule has 0 aromatic rings. The maximum Gasteiger partial charge on any atom is 0.307 e. The van der Waals surface area contributed by atoms with Crippen LogP contribution in [-0.2, 0) is 4.79 Å². The van der Waals surface area contributed by atoms with E-state index in [4.69, 9.17) is 10.5 Å². The summed E-state index contributed by atoms with van der Waals surface area (Å²) in [6, 6.07) is 0. The van der Waals surface area contributed by atoms with Crippen LogP contribution in [0, 0.1) is 5.41 Å². The lowest BCUT2D eigenvalue weighted by Crippen LogP contribution is -2.02. The topological polar surface area (TPSA) is 61.2 Å². The molecule has 5 heteroatoms. The standard InChI is InChI=1S/C8H11NO2S2/c9-5-6(4-7(10)11)8-12-2-1-3-13-8/h5,9H,1-4H2,(H,10,11). The molecule has 1 saturated heterocycles. The van der Waals surface area contributed by atoms with Crippen LogP contribution >= 0.6 is 23.5 Å². The van der Waals surface area contributed by atoms with Crippen LogP contribution in [-0.4, -0.2) is 28.8 Å². The van der Waals surface area contributed by atoms with Crippen LogP contribution in [0.15, 0.2) is 9.81 Å². The lowest BCUT2D eigenvalue weighted by atomic mass is 10.2. The Balaban J connectivity index is 2.69. The van der Waals surface area contributed by atoms with E-state index in [2.05, 4.69) is 0 Å². The van der Waals surface area contributed by atoms with Crippen molar-refractivity contribution in [2.24, 2.45) is 0 Å². The molecule has 13 heavy (non-hydrogen) atoms. The lowest BCUT2D eigenvalue weighted by molar-refractivity contribution is -0.136. The van der Waals surface area contributed by atoms with E-state index < -0.39 is 5.97 Å². The van der Waals surface area contributed by atoms with Gasteiger partial charge >= 0.3 is 5.97 Å². The van der Waals surface area contributed by atoms with Crippen molar-refractivity contribution in [2.45, 2.75) is 12.8 Å². The highest BCUT2D eigenvalue weighted by atomic mass is 32.2. The third-order valence-electron chi connectivity index (χ3n) is 1.53. The number of rotatable bonds is 3. The summed E-state index contributed by atoms with van der Waals surface area (Å²) < 4.78 is 1.02. The zero-order valence-electron chi connectivity index (χ0n) is 7.08. The van der Waals surface area contributed by atoms with Crippen LogP contribution in [0.25, 0.3) is 0 Å². The van der Waals surface area contributed by atoms with Gasteiger partial charge in [-0.1, -0.05) is 0 Å². The smallest absolute Gasteiger partial charge is 0.307 e. The minimum Gasteiger partial charge on any atom is -0.481 e. The monoisotopic (exact) mass is 217 g/mol. The molecule has 2 N–H and O–H groups in total. The average molecular weight is 217 g/mol. The molecule has 1 aliphatic heterocycles. The molecule has 0 spiro atoms. The van der Waals surface area contributed by atoms with E-state index in [0.29, 0.717) is 5.57 Å². The Morgan fingerprint density at radius 2 is 2.15 bits per heavy atom. The van der Waals surface area contributed by atoms with Crippen molar-refractivity contribution in [3.05, 3.63) is 9.81 Å². The third-order valence-corrected chi connectivity index (χ3v) is 4.27. The van der Waals surface area contributed by atoms with Crippen LogP contribution in [0.3, 0.4) is 0 Å². The number of carboxylic acid groups (broad SMARTS) is 1. The van der Waals surface area contributed by atoms with E-state index in [1.54, 1.807) is 23.5 Å². The predicted octanol–water partition coefficient (Wildman–Crippen LogP) is 2.19. The molecule has 0 unspecified atom stereocenters. The summed E-state index contributed by atoms with van der Waals surface area (Å²) in [6.07, 6.45) is 2.30. The van der Waals surface area contributed by atoms with Crippen molar-refractivity contribution in [1.29, 1.82) is 5.41 Å². The third kappa shape index (κ3) is 3.44. The second kappa shape index (κ2) is 5.34. The van der Waals surface area contributed by atoms with Crippen LogP contribution in [0.1, 0.15) is 12.8 Å². The molecule has 0 atom stereocenters. The number of hydrogen-bond donors (Lipinski definition) is 2. The van der Waals surface area contributed by atoms with Gasteiger partial charge in [-0.15, -0.1) is 23.5 Å². The van der Waals surface area contributed by atoms with Gasteiger partial charge in [0.2, 0.25) is 0 Å². The summed E-state index contributed by atoms with van der Waals surface area (Å²) in [5.74, 6) is 1.22. The van der Waals surface area contributed by atoms with Crippen LogP contribution in [0.5, 0.6) is 0 Å². The fourth-order valence-electron chi connectivity index (χ4n) is 0.961. The maximum absolute atomic E-state index is 10.5. The fourth-order valence-corrected chi connectivity index (χ4v) is 3.56. The van der Waals surface area contributed by atoms with Gasteiger partial charge in [0.1, 0.15) is 0 Å². The van der Waals surface area contributed by atoms with Crippen molar-refractivity contribution in [3.63, 3.8) is 0 Å². The fraction of sp³-hybridized carbons (Fsp3) is 0.500. The van der Waals surface area contributed by atoms with Crippen molar-refractivity contribution >= 4 is 35.7 Å². The Kier molecular flexibility index (Phi) is 4.38. The highest BCUT2D eigenvalue weighted by molar-refractivity contribution is 8.22. The lowest BCUT2D eigenvalue weighted by Gasteiger charge is -2.14. The molecule has 1 heterocycles. The van der Waals surface area contributed by atoms with Gasteiger partial charge in [0.15, 0.2) is 0 Å². The number of aliphatic carboxylic acids is 1. The van der Waals surface area contributed by atoms with E-state index in [0.717, 1.165) is 28.4 Å². The average Bonchev–Trinajstić information content (AvgIpc) is 2.15. The number of carboxylic acids is 1. The molecular weight excluding hydrogens is 206 g/mol. The summed E-state index contributed by atoms with van der Waals surface area (Å²) in [5, 5.41) is 15.7. The molecular formula is C8H11NO2S2.